The number of nitrogens with zero attached hydrogens (tertiary/aromatic N) is 1. The largest absolute Gasteiger partial charge is 0.394 e. The molecule has 0 aromatic heterocycles. The lowest BCUT2D eigenvalue weighted by atomic mass is 10.1. The first-order valence-electron chi connectivity index (χ1n) is 7.19. The minimum Gasteiger partial charge on any atom is -0.394 e. The molecule has 1 aliphatic carbocycles. The van der Waals surface area contributed by atoms with Gasteiger partial charge in [-0.05, 0) is 43.4 Å². The summed E-state index contributed by atoms with van der Waals surface area (Å²) < 4.78 is 5.38. The summed E-state index contributed by atoms with van der Waals surface area (Å²) in [4.78, 5) is 2.50. The van der Waals surface area contributed by atoms with Crippen LogP contribution in [0.3, 0.4) is 0 Å². The van der Waals surface area contributed by atoms with E-state index in [0.29, 0.717) is 13.2 Å². The van der Waals surface area contributed by atoms with Crippen molar-refractivity contribution in [3.8, 4) is 0 Å². The maximum Gasteiger partial charge on any atom is 0.0698 e. The van der Waals surface area contributed by atoms with E-state index in [1.807, 2.05) is 0 Å². The normalized spacial score (nSPS) is 15.2. The van der Waals surface area contributed by atoms with E-state index >= 15 is 0 Å². The summed E-state index contributed by atoms with van der Waals surface area (Å²) >= 11 is 0. The van der Waals surface area contributed by atoms with Gasteiger partial charge in [-0.3, -0.25) is 4.90 Å². The fourth-order valence-corrected chi connectivity index (χ4v) is 2.32. The molecule has 0 bridgehead atoms. The average Bonchev–Trinajstić information content (AvgIpc) is 3.22. The minimum atomic E-state index is 0.112. The molecule has 0 heterocycles. The Kier molecular flexibility index (Phi) is 5.37. The Bertz CT molecular complexity index is 402. The Morgan fingerprint density at radius 2 is 2.00 bits per heavy atom. The average molecular weight is 263 g/mol. The van der Waals surface area contributed by atoms with E-state index in [1.165, 1.54) is 29.5 Å². The Hall–Kier alpha value is -0.900. The summed E-state index contributed by atoms with van der Waals surface area (Å²) in [7, 11) is 0. The van der Waals surface area contributed by atoms with Crippen molar-refractivity contribution in [1.29, 1.82) is 0 Å². The molecule has 0 saturated heterocycles. The van der Waals surface area contributed by atoms with Gasteiger partial charge in [-0.2, -0.15) is 0 Å². The zero-order valence-electron chi connectivity index (χ0n) is 12.1. The number of rotatable bonds is 8. The molecule has 3 nitrogen and oxygen atoms in total. The molecule has 1 saturated carbocycles. The smallest absolute Gasteiger partial charge is 0.0698 e. The van der Waals surface area contributed by atoms with Crippen LogP contribution in [-0.4, -0.2) is 42.4 Å². The molecule has 1 fully saturated rings. The molecule has 106 valence electrons. The molecule has 3 heteroatoms. The molecule has 2 rings (SSSR count). The van der Waals surface area contributed by atoms with Crippen LogP contribution < -0.4 is 0 Å². The van der Waals surface area contributed by atoms with Gasteiger partial charge in [0.1, 0.15) is 0 Å². The molecule has 0 spiro atoms. The monoisotopic (exact) mass is 263 g/mol. The van der Waals surface area contributed by atoms with Crippen molar-refractivity contribution in [2.24, 2.45) is 0 Å². The van der Waals surface area contributed by atoms with Gasteiger partial charge in [0.2, 0.25) is 0 Å². The van der Waals surface area contributed by atoms with Gasteiger partial charge >= 0.3 is 0 Å². The van der Waals surface area contributed by atoms with Crippen molar-refractivity contribution < 1.29 is 9.84 Å². The van der Waals surface area contributed by atoms with E-state index < -0.39 is 0 Å². The quantitative estimate of drug-likeness (QED) is 0.730. The minimum absolute atomic E-state index is 0.112. The number of aliphatic hydroxyl groups excluding tert-OH is 1. The molecule has 0 amide bonds. The molecular formula is C16H25NO2. The Labute approximate surface area is 116 Å². The van der Waals surface area contributed by atoms with Gasteiger partial charge in [0, 0.05) is 19.1 Å². The van der Waals surface area contributed by atoms with E-state index in [-0.39, 0.29) is 6.61 Å². The van der Waals surface area contributed by atoms with Crippen LogP contribution in [0, 0.1) is 13.8 Å². The van der Waals surface area contributed by atoms with Crippen LogP contribution in [0.4, 0.5) is 0 Å². The highest BCUT2D eigenvalue weighted by molar-refractivity contribution is 5.29. The fraction of sp³-hybridized carbons (Fsp3) is 0.625. The van der Waals surface area contributed by atoms with Gasteiger partial charge in [0.05, 0.1) is 19.8 Å². The Balaban J connectivity index is 1.87. The molecule has 1 aromatic rings. The van der Waals surface area contributed by atoms with Crippen molar-refractivity contribution >= 4 is 0 Å². The maximum absolute atomic E-state index is 8.71. The first-order valence-corrected chi connectivity index (χ1v) is 7.19. The highest BCUT2D eigenvalue weighted by Gasteiger charge is 2.28. The maximum atomic E-state index is 8.71. The Morgan fingerprint density at radius 1 is 1.21 bits per heavy atom. The predicted octanol–water partition coefficient (Wildman–Crippen LogP) is 2.28. The number of aliphatic hydroxyl groups is 1. The van der Waals surface area contributed by atoms with Crippen molar-refractivity contribution in [2.75, 3.05) is 26.4 Å². The zero-order valence-corrected chi connectivity index (χ0v) is 12.1. The van der Waals surface area contributed by atoms with E-state index in [0.717, 1.165) is 19.1 Å². The van der Waals surface area contributed by atoms with Crippen LogP contribution in [0.15, 0.2) is 18.2 Å². The van der Waals surface area contributed by atoms with Gasteiger partial charge in [-0.1, -0.05) is 18.2 Å². The molecule has 19 heavy (non-hydrogen) atoms. The lowest BCUT2D eigenvalue weighted by molar-refractivity contribution is 0.0702. The third kappa shape index (κ3) is 4.60. The SMILES string of the molecule is Cc1ccc(CN(CCOCCO)C2CC2)cc1C. The summed E-state index contributed by atoms with van der Waals surface area (Å²) in [5, 5.41) is 8.71. The first kappa shape index (κ1) is 14.5. The number of benzene rings is 1. The van der Waals surface area contributed by atoms with Crippen LogP contribution >= 0.6 is 0 Å². The Morgan fingerprint density at radius 3 is 2.63 bits per heavy atom. The van der Waals surface area contributed by atoms with Crippen LogP contribution in [0.5, 0.6) is 0 Å². The summed E-state index contributed by atoms with van der Waals surface area (Å²) in [6, 6.07) is 7.46. The van der Waals surface area contributed by atoms with Crippen LogP contribution in [-0.2, 0) is 11.3 Å². The van der Waals surface area contributed by atoms with Gasteiger partial charge in [-0.25, -0.2) is 0 Å². The standard InChI is InChI=1S/C16H25NO2/c1-13-3-4-15(11-14(13)2)12-17(16-5-6-16)7-9-19-10-8-18/h3-4,11,16,18H,5-10,12H2,1-2H3. The summed E-state index contributed by atoms with van der Waals surface area (Å²) in [6.45, 7) is 7.56. The predicted molar refractivity (Wildman–Crippen MR) is 77.3 cm³/mol. The van der Waals surface area contributed by atoms with Crippen LogP contribution in [0.2, 0.25) is 0 Å². The number of ether oxygens (including phenoxy) is 1. The van der Waals surface area contributed by atoms with E-state index in [4.69, 9.17) is 9.84 Å². The molecular weight excluding hydrogens is 238 g/mol. The molecule has 0 aliphatic heterocycles. The topological polar surface area (TPSA) is 32.7 Å². The first-order chi connectivity index (χ1) is 9.20. The van der Waals surface area contributed by atoms with Crippen LogP contribution in [0.25, 0.3) is 0 Å². The lowest BCUT2D eigenvalue weighted by Gasteiger charge is -2.22. The van der Waals surface area contributed by atoms with Crippen molar-refractivity contribution in [2.45, 2.75) is 39.3 Å². The third-order valence-electron chi connectivity index (χ3n) is 3.78. The molecule has 1 N–H and O–H groups in total. The van der Waals surface area contributed by atoms with Gasteiger partial charge < -0.3 is 9.84 Å². The second kappa shape index (κ2) is 7.04. The van der Waals surface area contributed by atoms with Crippen molar-refractivity contribution in [3.05, 3.63) is 34.9 Å². The van der Waals surface area contributed by atoms with E-state index in [2.05, 4.69) is 36.9 Å². The highest BCUT2D eigenvalue weighted by Crippen LogP contribution is 2.28. The summed E-state index contributed by atoms with van der Waals surface area (Å²) in [5.41, 5.74) is 4.11. The van der Waals surface area contributed by atoms with E-state index in [9.17, 15) is 0 Å². The summed E-state index contributed by atoms with van der Waals surface area (Å²) in [6.07, 6.45) is 2.62. The summed E-state index contributed by atoms with van der Waals surface area (Å²) in [5.74, 6) is 0. The molecule has 0 radical (unpaired) electrons. The lowest BCUT2D eigenvalue weighted by Crippen LogP contribution is -2.29. The van der Waals surface area contributed by atoms with Crippen LogP contribution in [0.1, 0.15) is 29.5 Å². The van der Waals surface area contributed by atoms with Crippen molar-refractivity contribution in [3.63, 3.8) is 0 Å². The van der Waals surface area contributed by atoms with Gasteiger partial charge in [0.25, 0.3) is 0 Å². The fourth-order valence-electron chi connectivity index (χ4n) is 2.32. The molecule has 0 unspecified atom stereocenters. The van der Waals surface area contributed by atoms with Crippen molar-refractivity contribution in [1.82, 2.24) is 4.90 Å². The number of hydrogen-bond donors (Lipinski definition) is 1. The zero-order chi connectivity index (χ0) is 13.7. The number of aryl methyl sites for hydroxylation is 2. The second-order valence-corrected chi connectivity index (χ2v) is 5.46. The second-order valence-electron chi connectivity index (χ2n) is 5.46. The number of hydrogen-bond acceptors (Lipinski definition) is 3. The van der Waals surface area contributed by atoms with Gasteiger partial charge in [-0.15, -0.1) is 0 Å². The van der Waals surface area contributed by atoms with E-state index in [1.54, 1.807) is 0 Å². The third-order valence-corrected chi connectivity index (χ3v) is 3.78. The highest BCUT2D eigenvalue weighted by atomic mass is 16.5. The molecule has 0 atom stereocenters. The molecule has 1 aliphatic rings. The van der Waals surface area contributed by atoms with Gasteiger partial charge in [0.15, 0.2) is 0 Å². The molecule has 1 aromatic carbocycles.